The number of anilines is 1. The number of aromatic nitrogens is 1. The van der Waals surface area contributed by atoms with E-state index in [1.165, 1.54) is 22.7 Å². The molecule has 1 atom stereocenters. The molecule has 1 aliphatic rings. The van der Waals surface area contributed by atoms with Gasteiger partial charge in [-0.1, -0.05) is 35.5 Å². The lowest BCUT2D eigenvalue weighted by molar-refractivity contribution is -0.138. The minimum absolute atomic E-state index is 0.0272. The van der Waals surface area contributed by atoms with E-state index >= 15 is 0 Å². The highest BCUT2D eigenvalue weighted by Gasteiger charge is 2.36. The van der Waals surface area contributed by atoms with Gasteiger partial charge in [-0.15, -0.1) is 0 Å². The maximum Gasteiger partial charge on any atom is 0.416 e. The van der Waals surface area contributed by atoms with Crippen molar-refractivity contribution < 1.29 is 26.8 Å². The van der Waals surface area contributed by atoms with Crippen LogP contribution in [0.25, 0.3) is 0 Å². The fourth-order valence-electron chi connectivity index (χ4n) is 4.80. The van der Waals surface area contributed by atoms with Crippen LogP contribution >= 0.6 is 0 Å². The molecule has 1 aliphatic heterocycles. The van der Waals surface area contributed by atoms with Gasteiger partial charge in [-0.2, -0.15) is 17.5 Å². The molecule has 1 unspecified atom stereocenters. The SMILES string of the molecule is Cc1cc(/C(CC(c2ccc(N3CCN(S(C)(=O)=O)CC3)cc2)c2ccccc2C(F)(F)F)=N/O)ccn1. The first-order valence-corrected chi connectivity index (χ1v) is 13.9. The van der Waals surface area contributed by atoms with Crippen molar-refractivity contribution in [1.82, 2.24) is 9.29 Å². The molecule has 0 bridgehead atoms. The Morgan fingerprint density at radius 1 is 1.05 bits per heavy atom. The van der Waals surface area contributed by atoms with Gasteiger partial charge in [0.15, 0.2) is 0 Å². The number of sulfonamides is 1. The summed E-state index contributed by atoms with van der Waals surface area (Å²) < 4.78 is 67.1. The van der Waals surface area contributed by atoms with Crippen LogP contribution in [-0.2, 0) is 16.2 Å². The van der Waals surface area contributed by atoms with Gasteiger partial charge < -0.3 is 10.1 Å². The Bertz CT molecular complexity index is 1400. The minimum Gasteiger partial charge on any atom is -0.411 e. The van der Waals surface area contributed by atoms with Crippen molar-refractivity contribution in [2.24, 2.45) is 5.16 Å². The molecule has 0 aliphatic carbocycles. The van der Waals surface area contributed by atoms with Gasteiger partial charge in [-0.25, -0.2) is 8.42 Å². The third-order valence-corrected chi connectivity index (χ3v) is 8.06. The summed E-state index contributed by atoms with van der Waals surface area (Å²) in [5.41, 5.74) is 2.35. The summed E-state index contributed by atoms with van der Waals surface area (Å²) in [5.74, 6) is -0.747. The minimum atomic E-state index is -4.56. The Kier molecular flexibility index (Phi) is 8.08. The second kappa shape index (κ2) is 11.1. The summed E-state index contributed by atoms with van der Waals surface area (Å²) >= 11 is 0. The molecule has 11 heteroatoms. The summed E-state index contributed by atoms with van der Waals surface area (Å²) in [4.78, 5) is 6.19. The second-order valence-electron chi connectivity index (χ2n) is 9.31. The van der Waals surface area contributed by atoms with E-state index in [-0.39, 0.29) is 17.7 Å². The average molecular weight is 547 g/mol. The number of hydrogen-bond donors (Lipinski definition) is 1. The van der Waals surface area contributed by atoms with E-state index in [9.17, 15) is 26.8 Å². The molecule has 1 aromatic heterocycles. The number of rotatable bonds is 7. The number of oxime groups is 1. The van der Waals surface area contributed by atoms with E-state index in [0.717, 1.165) is 11.8 Å². The van der Waals surface area contributed by atoms with Gasteiger partial charge in [0.05, 0.1) is 17.5 Å². The maximum absolute atomic E-state index is 14.0. The quantitative estimate of drug-likeness (QED) is 0.259. The van der Waals surface area contributed by atoms with E-state index in [0.29, 0.717) is 43.0 Å². The van der Waals surface area contributed by atoms with Crippen molar-refractivity contribution in [3.63, 3.8) is 0 Å². The highest BCUT2D eigenvalue weighted by atomic mass is 32.2. The van der Waals surface area contributed by atoms with Crippen LogP contribution in [0, 0.1) is 6.92 Å². The summed E-state index contributed by atoms with van der Waals surface area (Å²) in [5, 5.41) is 13.3. The van der Waals surface area contributed by atoms with Gasteiger partial charge in [0.25, 0.3) is 0 Å². The zero-order valence-corrected chi connectivity index (χ0v) is 21.9. The molecule has 38 heavy (non-hydrogen) atoms. The first-order valence-electron chi connectivity index (χ1n) is 12.1. The molecule has 3 aromatic rings. The largest absolute Gasteiger partial charge is 0.416 e. The van der Waals surface area contributed by atoms with E-state index < -0.39 is 27.7 Å². The van der Waals surface area contributed by atoms with Crippen LogP contribution in [-0.4, -0.2) is 61.1 Å². The summed E-state index contributed by atoms with van der Waals surface area (Å²) in [6, 6.07) is 16.1. The first-order chi connectivity index (χ1) is 18.0. The number of alkyl halides is 3. The molecule has 1 saturated heterocycles. The van der Waals surface area contributed by atoms with Gasteiger partial charge in [0.1, 0.15) is 0 Å². The summed E-state index contributed by atoms with van der Waals surface area (Å²) in [7, 11) is -3.26. The van der Waals surface area contributed by atoms with Crippen LogP contribution in [0.4, 0.5) is 18.9 Å². The third-order valence-electron chi connectivity index (χ3n) is 6.76. The number of halogens is 3. The first kappa shape index (κ1) is 27.6. The molecular weight excluding hydrogens is 517 g/mol. The monoisotopic (exact) mass is 546 g/mol. The molecule has 0 saturated carbocycles. The number of pyridine rings is 1. The molecule has 0 spiro atoms. The fourth-order valence-corrected chi connectivity index (χ4v) is 5.62. The van der Waals surface area contributed by atoms with Crippen LogP contribution in [0.2, 0.25) is 0 Å². The second-order valence-corrected chi connectivity index (χ2v) is 11.3. The predicted octanol–water partition coefficient (Wildman–Crippen LogP) is 4.89. The molecular formula is C27H29F3N4O3S. The molecule has 2 aromatic carbocycles. The van der Waals surface area contributed by atoms with Crippen LogP contribution in [0.1, 0.15) is 40.3 Å². The maximum atomic E-state index is 14.0. The molecule has 1 N–H and O–H groups in total. The number of piperazine rings is 1. The normalized spacial score (nSPS) is 16.4. The van der Waals surface area contributed by atoms with Crippen LogP contribution in [0.15, 0.2) is 72.0 Å². The van der Waals surface area contributed by atoms with Gasteiger partial charge >= 0.3 is 6.18 Å². The molecule has 2 heterocycles. The lowest BCUT2D eigenvalue weighted by atomic mass is 9.83. The van der Waals surface area contributed by atoms with Crippen molar-refractivity contribution in [2.75, 3.05) is 37.3 Å². The van der Waals surface area contributed by atoms with Crippen LogP contribution in [0.3, 0.4) is 0 Å². The number of nitrogens with zero attached hydrogens (tertiary/aromatic N) is 4. The van der Waals surface area contributed by atoms with Crippen molar-refractivity contribution in [3.05, 3.63) is 94.8 Å². The van der Waals surface area contributed by atoms with Gasteiger partial charge in [-0.05, 0) is 48.4 Å². The highest BCUT2D eigenvalue weighted by Crippen LogP contribution is 2.40. The molecule has 202 valence electrons. The van der Waals surface area contributed by atoms with Crippen molar-refractivity contribution >= 4 is 21.4 Å². The van der Waals surface area contributed by atoms with Gasteiger partial charge in [-0.3, -0.25) is 4.98 Å². The van der Waals surface area contributed by atoms with Crippen LogP contribution in [0.5, 0.6) is 0 Å². The standard InChI is InChI=1S/C27H29F3N4O3S/c1-19-17-21(11-12-31-19)26(32-35)18-24(23-5-3-4-6-25(23)27(28,29)30)20-7-9-22(10-8-20)33-13-15-34(16-14-33)38(2,36)37/h3-12,17,24,35H,13-16,18H2,1-2H3/b32-26+. The lowest BCUT2D eigenvalue weighted by Crippen LogP contribution is -2.48. The zero-order valence-electron chi connectivity index (χ0n) is 21.1. The Morgan fingerprint density at radius 3 is 2.29 bits per heavy atom. The number of hydrogen-bond acceptors (Lipinski definition) is 6. The average Bonchev–Trinajstić information content (AvgIpc) is 2.89. The number of aryl methyl sites for hydroxylation is 1. The lowest BCUT2D eigenvalue weighted by Gasteiger charge is -2.35. The van der Waals surface area contributed by atoms with Crippen molar-refractivity contribution in [3.8, 4) is 0 Å². The molecule has 4 rings (SSSR count). The van der Waals surface area contributed by atoms with Gasteiger partial charge in [0, 0.05) is 61.7 Å². The number of benzene rings is 2. The Balaban J connectivity index is 1.68. The van der Waals surface area contributed by atoms with Crippen LogP contribution < -0.4 is 4.90 Å². The van der Waals surface area contributed by atoms with E-state index in [4.69, 9.17) is 0 Å². The molecule has 0 amide bonds. The van der Waals surface area contributed by atoms with Gasteiger partial charge in [0.2, 0.25) is 10.0 Å². The topological polar surface area (TPSA) is 86.1 Å². The third kappa shape index (κ3) is 6.33. The highest BCUT2D eigenvalue weighted by molar-refractivity contribution is 7.88. The summed E-state index contributed by atoms with van der Waals surface area (Å²) in [6.07, 6.45) is -1.78. The Morgan fingerprint density at radius 2 is 1.71 bits per heavy atom. The van der Waals surface area contributed by atoms with E-state index in [1.54, 1.807) is 43.5 Å². The molecule has 1 fully saturated rings. The smallest absolute Gasteiger partial charge is 0.411 e. The zero-order chi connectivity index (χ0) is 27.5. The summed E-state index contributed by atoms with van der Waals surface area (Å²) in [6.45, 7) is 3.53. The van der Waals surface area contributed by atoms with Crippen molar-refractivity contribution in [2.45, 2.75) is 25.4 Å². The Hall–Kier alpha value is -3.44. The van der Waals surface area contributed by atoms with E-state index in [2.05, 4.69) is 10.1 Å². The van der Waals surface area contributed by atoms with Crippen molar-refractivity contribution in [1.29, 1.82) is 0 Å². The predicted molar refractivity (Wildman–Crippen MR) is 140 cm³/mol. The van der Waals surface area contributed by atoms with E-state index in [1.807, 2.05) is 17.0 Å². The Labute approximate surface area is 220 Å². The molecule has 7 nitrogen and oxygen atoms in total. The fraction of sp³-hybridized carbons (Fsp3) is 0.333. The molecule has 0 radical (unpaired) electrons.